The van der Waals surface area contributed by atoms with Gasteiger partial charge in [0.05, 0.1) is 6.04 Å². The number of phenolic OH excluding ortho intramolecular Hbond substituents is 1. The van der Waals surface area contributed by atoms with Gasteiger partial charge in [-0.2, -0.15) is 0 Å². The molecule has 0 unspecified atom stereocenters. The minimum atomic E-state index is -0.862. The number of cyclic esters (lactones) is 1. The zero-order chi connectivity index (χ0) is 19.4. The van der Waals surface area contributed by atoms with Crippen molar-refractivity contribution >= 4 is 6.09 Å². The molecule has 1 amide bonds. The van der Waals surface area contributed by atoms with Gasteiger partial charge in [-0.25, -0.2) is 9.18 Å². The van der Waals surface area contributed by atoms with Gasteiger partial charge in [0.1, 0.15) is 17.2 Å². The Hall–Kier alpha value is -2.60. The predicted molar refractivity (Wildman–Crippen MR) is 98.7 cm³/mol. The van der Waals surface area contributed by atoms with Crippen LogP contribution in [0, 0.1) is 5.82 Å². The molecule has 5 nitrogen and oxygen atoms in total. The van der Waals surface area contributed by atoms with Crippen LogP contribution in [0.15, 0.2) is 48.5 Å². The van der Waals surface area contributed by atoms with E-state index in [-0.39, 0.29) is 24.2 Å². The molecule has 1 saturated heterocycles. The summed E-state index contributed by atoms with van der Waals surface area (Å²) < 4.78 is 19.2. The third kappa shape index (κ3) is 4.06. The minimum Gasteiger partial charge on any atom is -0.508 e. The summed E-state index contributed by atoms with van der Waals surface area (Å²) in [6.07, 6.45) is 1.07. The molecule has 1 heterocycles. The van der Waals surface area contributed by atoms with Gasteiger partial charge in [0.15, 0.2) is 0 Å². The summed E-state index contributed by atoms with van der Waals surface area (Å²) in [4.78, 5) is 14.5. The van der Waals surface area contributed by atoms with E-state index in [1.165, 1.54) is 12.1 Å². The standard InChI is InChI=1S/C21H24FNO4/c1-15(16-3-9-19(25)10-4-16)23-13-12-21(11-2-14-24,27-20(23)26)17-5-7-18(22)8-6-17/h3-10,15,24-25H,2,11-14H2,1H3/t15-,21+/m0/s1. The normalized spacial score (nSPS) is 21.0. The van der Waals surface area contributed by atoms with Gasteiger partial charge >= 0.3 is 6.09 Å². The largest absolute Gasteiger partial charge is 0.508 e. The molecule has 0 saturated carbocycles. The molecule has 27 heavy (non-hydrogen) atoms. The molecule has 144 valence electrons. The molecule has 0 aromatic heterocycles. The van der Waals surface area contributed by atoms with Gasteiger partial charge in [-0.1, -0.05) is 24.3 Å². The molecule has 0 aliphatic carbocycles. The number of rotatable bonds is 6. The average Bonchev–Trinajstić information content (AvgIpc) is 2.67. The zero-order valence-electron chi connectivity index (χ0n) is 15.3. The summed E-state index contributed by atoms with van der Waals surface area (Å²) in [5.74, 6) is -0.174. The second-order valence-corrected chi connectivity index (χ2v) is 6.91. The Balaban J connectivity index is 1.81. The second-order valence-electron chi connectivity index (χ2n) is 6.91. The lowest BCUT2D eigenvalue weighted by Crippen LogP contribution is -2.48. The van der Waals surface area contributed by atoms with Gasteiger partial charge in [0.2, 0.25) is 0 Å². The van der Waals surface area contributed by atoms with E-state index in [1.807, 2.05) is 6.92 Å². The monoisotopic (exact) mass is 373 g/mol. The van der Waals surface area contributed by atoms with E-state index in [0.29, 0.717) is 25.8 Å². The highest BCUT2D eigenvalue weighted by atomic mass is 19.1. The summed E-state index contributed by atoms with van der Waals surface area (Å²) in [6, 6.07) is 12.5. The molecule has 0 bridgehead atoms. The van der Waals surface area contributed by atoms with Crippen molar-refractivity contribution in [1.29, 1.82) is 0 Å². The van der Waals surface area contributed by atoms with Crippen LogP contribution in [0.2, 0.25) is 0 Å². The molecular formula is C21H24FNO4. The lowest BCUT2D eigenvalue weighted by Gasteiger charge is -2.43. The number of aliphatic hydroxyl groups is 1. The Morgan fingerprint density at radius 1 is 1.19 bits per heavy atom. The Bertz CT molecular complexity index is 778. The smallest absolute Gasteiger partial charge is 0.411 e. The van der Waals surface area contributed by atoms with Crippen LogP contribution in [-0.4, -0.2) is 34.4 Å². The number of carbonyl (C=O) groups excluding carboxylic acids is 1. The van der Waals surface area contributed by atoms with E-state index < -0.39 is 11.7 Å². The second kappa shape index (κ2) is 7.96. The maximum Gasteiger partial charge on any atom is 0.411 e. The third-order valence-corrected chi connectivity index (χ3v) is 5.23. The number of carbonyl (C=O) groups is 1. The maximum atomic E-state index is 13.3. The fourth-order valence-corrected chi connectivity index (χ4v) is 3.60. The molecule has 2 aromatic rings. The molecular weight excluding hydrogens is 349 g/mol. The SMILES string of the molecule is C[C@@H](c1ccc(O)cc1)N1CC[C@](CCCO)(c2ccc(F)cc2)OC1=O. The quantitative estimate of drug-likeness (QED) is 0.800. The lowest BCUT2D eigenvalue weighted by atomic mass is 9.84. The summed E-state index contributed by atoms with van der Waals surface area (Å²) in [5.41, 5.74) is 0.774. The number of amides is 1. The maximum absolute atomic E-state index is 13.3. The Labute approximate surface area is 158 Å². The molecule has 2 N–H and O–H groups in total. The number of ether oxygens (including phenoxy) is 1. The number of phenols is 1. The number of hydrogen-bond donors (Lipinski definition) is 2. The fraction of sp³-hybridized carbons (Fsp3) is 0.381. The number of halogens is 1. The van der Waals surface area contributed by atoms with Crippen LogP contribution >= 0.6 is 0 Å². The van der Waals surface area contributed by atoms with Gasteiger partial charge in [0.25, 0.3) is 0 Å². The van der Waals surface area contributed by atoms with Gasteiger partial charge < -0.3 is 19.8 Å². The molecule has 2 aromatic carbocycles. The molecule has 1 aliphatic heterocycles. The Morgan fingerprint density at radius 3 is 2.44 bits per heavy atom. The van der Waals surface area contributed by atoms with E-state index in [9.17, 15) is 19.4 Å². The highest BCUT2D eigenvalue weighted by Crippen LogP contribution is 2.40. The first-order valence-corrected chi connectivity index (χ1v) is 9.11. The van der Waals surface area contributed by atoms with E-state index in [0.717, 1.165) is 11.1 Å². The molecule has 0 radical (unpaired) electrons. The van der Waals surface area contributed by atoms with Crippen LogP contribution < -0.4 is 0 Å². The molecule has 1 fully saturated rings. The van der Waals surface area contributed by atoms with Gasteiger partial charge in [-0.15, -0.1) is 0 Å². The zero-order valence-corrected chi connectivity index (χ0v) is 15.3. The summed E-state index contributed by atoms with van der Waals surface area (Å²) in [7, 11) is 0. The van der Waals surface area contributed by atoms with Gasteiger partial charge in [-0.05, 0) is 55.2 Å². The van der Waals surface area contributed by atoms with Crippen molar-refractivity contribution in [2.45, 2.75) is 37.8 Å². The van der Waals surface area contributed by atoms with Crippen molar-refractivity contribution in [2.24, 2.45) is 0 Å². The molecule has 2 atom stereocenters. The van der Waals surface area contributed by atoms with Crippen molar-refractivity contribution < 1.29 is 24.1 Å². The van der Waals surface area contributed by atoms with E-state index >= 15 is 0 Å². The number of benzene rings is 2. The van der Waals surface area contributed by atoms with Crippen LogP contribution in [0.3, 0.4) is 0 Å². The van der Waals surface area contributed by atoms with Gasteiger partial charge in [0, 0.05) is 19.6 Å². The predicted octanol–water partition coefficient (Wildman–Crippen LogP) is 4.10. The fourth-order valence-electron chi connectivity index (χ4n) is 3.60. The van der Waals surface area contributed by atoms with Crippen molar-refractivity contribution in [3.05, 3.63) is 65.5 Å². The number of aromatic hydroxyl groups is 1. The van der Waals surface area contributed by atoms with Crippen LogP contribution in [0.25, 0.3) is 0 Å². The van der Waals surface area contributed by atoms with Crippen molar-refractivity contribution in [3.8, 4) is 5.75 Å². The summed E-state index contributed by atoms with van der Waals surface area (Å²) in [6.45, 7) is 2.38. The lowest BCUT2D eigenvalue weighted by molar-refractivity contribution is -0.0680. The van der Waals surface area contributed by atoms with E-state index in [2.05, 4.69) is 0 Å². The summed E-state index contributed by atoms with van der Waals surface area (Å²) >= 11 is 0. The minimum absolute atomic E-state index is 0.00583. The highest BCUT2D eigenvalue weighted by molar-refractivity contribution is 5.70. The molecule has 1 aliphatic rings. The highest BCUT2D eigenvalue weighted by Gasteiger charge is 2.43. The van der Waals surface area contributed by atoms with Crippen LogP contribution in [0.5, 0.6) is 5.75 Å². The van der Waals surface area contributed by atoms with Crippen LogP contribution in [0.4, 0.5) is 9.18 Å². The number of hydrogen-bond acceptors (Lipinski definition) is 4. The topological polar surface area (TPSA) is 70.0 Å². The van der Waals surface area contributed by atoms with Crippen molar-refractivity contribution in [3.63, 3.8) is 0 Å². The van der Waals surface area contributed by atoms with E-state index in [4.69, 9.17) is 4.74 Å². The van der Waals surface area contributed by atoms with Crippen LogP contribution in [0.1, 0.15) is 43.4 Å². The van der Waals surface area contributed by atoms with E-state index in [1.54, 1.807) is 41.3 Å². The first kappa shape index (κ1) is 19.2. The van der Waals surface area contributed by atoms with Crippen molar-refractivity contribution in [1.82, 2.24) is 4.90 Å². The molecule has 3 rings (SSSR count). The molecule has 0 spiro atoms. The van der Waals surface area contributed by atoms with Crippen LogP contribution in [-0.2, 0) is 10.3 Å². The average molecular weight is 373 g/mol. The van der Waals surface area contributed by atoms with Gasteiger partial charge in [-0.3, -0.25) is 0 Å². The summed E-state index contributed by atoms with van der Waals surface area (Å²) in [5, 5.41) is 18.7. The first-order valence-electron chi connectivity index (χ1n) is 9.11. The Morgan fingerprint density at radius 2 is 1.85 bits per heavy atom. The first-order chi connectivity index (χ1) is 12.9. The number of nitrogens with zero attached hydrogens (tertiary/aromatic N) is 1. The van der Waals surface area contributed by atoms with Crippen molar-refractivity contribution in [2.75, 3.05) is 13.2 Å². The Kier molecular flexibility index (Phi) is 5.65. The third-order valence-electron chi connectivity index (χ3n) is 5.23. The number of aliphatic hydroxyl groups excluding tert-OH is 1. The molecule has 6 heteroatoms.